The van der Waals surface area contributed by atoms with Crippen molar-refractivity contribution in [1.82, 2.24) is 5.32 Å². The number of likely N-dealkylation sites (N-methyl/N-ethyl adjacent to an activating group) is 1. The van der Waals surface area contributed by atoms with Gasteiger partial charge in [0.2, 0.25) is 5.91 Å². The van der Waals surface area contributed by atoms with E-state index >= 15 is 0 Å². The quantitative estimate of drug-likeness (QED) is 0.850. The number of hydrogen-bond donors (Lipinski definition) is 1. The lowest BCUT2D eigenvalue weighted by molar-refractivity contribution is -0.117. The Morgan fingerprint density at radius 1 is 1.44 bits per heavy atom. The van der Waals surface area contributed by atoms with Crippen molar-refractivity contribution >= 4 is 33.4 Å². The molecule has 1 aliphatic rings. The normalized spacial score (nSPS) is 15.5. The van der Waals surface area contributed by atoms with Crippen LogP contribution in [0.3, 0.4) is 0 Å². The highest BCUT2D eigenvalue weighted by Gasteiger charge is 2.25. The van der Waals surface area contributed by atoms with Crippen LogP contribution in [0.2, 0.25) is 0 Å². The van der Waals surface area contributed by atoms with Gasteiger partial charge in [0, 0.05) is 11.0 Å². The molecule has 0 fully saturated rings. The molecule has 0 spiro atoms. The molecule has 0 atom stereocenters. The summed E-state index contributed by atoms with van der Waals surface area (Å²) in [7, 11) is 0. The summed E-state index contributed by atoms with van der Waals surface area (Å²) in [6, 6.07) is 5.31. The minimum absolute atomic E-state index is 0.0545. The number of nitrogens with zero attached hydrogens (tertiary/aromatic N) is 1. The Bertz CT molecular complexity index is 459. The van der Waals surface area contributed by atoms with Crippen molar-refractivity contribution in [3.05, 3.63) is 28.2 Å². The highest BCUT2D eigenvalue weighted by Crippen LogP contribution is 2.26. The number of rotatable bonds is 1. The molecule has 1 aliphatic heterocycles. The number of nitrogens with one attached hydrogen (secondary N) is 1. The summed E-state index contributed by atoms with van der Waals surface area (Å²) >= 11 is 3.34. The van der Waals surface area contributed by atoms with E-state index in [1.807, 2.05) is 6.92 Å². The summed E-state index contributed by atoms with van der Waals surface area (Å²) in [5.41, 5.74) is 1.20. The summed E-state index contributed by atoms with van der Waals surface area (Å²) in [6.45, 7) is 2.49. The van der Waals surface area contributed by atoms with E-state index in [0.29, 0.717) is 17.8 Å². The molecule has 0 saturated heterocycles. The van der Waals surface area contributed by atoms with Gasteiger partial charge in [-0.05, 0) is 25.1 Å². The molecule has 84 valence electrons. The van der Waals surface area contributed by atoms with Crippen LogP contribution in [0.5, 0.6) is 0 Å². The number of amides is 2. The van der Waals surface area contributed by atoms with Gasteiger partial charge in [0.05, 0.1) is 17.8 Å². The van der Waals surface area contributed by atoms with Crippen LogP contribution in [0, 0.1) is 0 Å². The third kappa shape index (κ3) is 1.82. The number of hydrogen-bond acceptors (Lipinski definition) is 2. The van der Waals surface area contributed by atoms with Gasteiger partial charge in [-0.15, -0.1) is 0 Å². The number of carbonyl (C=O) groups excluding carboxylic acids is 2. The summed E-state index contributed by atoms with van der Waals surface area (Å²) in [5.74, 6) is -0.292. The second-order valence-electron chi connectivity index (χ2n) is 3.48. The molecule has 4 nitrogen and oxygen atoms in total. The Morgan fingerprint density at radius 3 is 2.88 bits per heavy atom. The van der Waals surface area contributed by atoms with E-state index < -0.39 is 0 Å². The summed E-state index contributed by atoms with van der Waals surface area (Å²) in [6.07, 6.45) is 0. The van der Waals surface area contributed by atoms with Crippen molar-refractivity contribution in [2.45, 2.75) is 6.92 Å². The third-order valence-corrected chi connectivity index (χ3v) is 3.01. The van der Waals surface area contributed by atoms with E-state index in [9.17, 15) is 9.59 Å². The smallest absolute Gasteiger partial charge is 0.253 e. The van der Waals surface area contributed by atoms with Crippen molar-refractivity contribution in [2.75, 3.05) is 18.0 Å². The third-order valence-electron chi connectivity index (χ3n) is 2.51. The van der Waals surface area contributed by atoms with Crippen LogP contribution in [0.15, 0.2) is 22.7 Å². The summed E-state index contributed by atoms with van der Waals surface area (Å²) in [4.78, 5) is 25.1. The second kappa shape index (κ2) is 4.25. The van der Waals surface area contributed by atoms with E-state index in [4.69, 9.17) is 0 Å². The molecule has 1 aromatic rings. The number of carbonyl (C=O) groups is 2. The fraction of sp³-hybridized carbons (Fsp3) is 0.273. The SMILES string of the molecule is CCN1C(=O)CNC(=O)c2ccc(Br)cc21. The molecule has 0 bridgehead atoms. The van der Waals surface area contributed by atoms with E-state index in [-0.39, 0.29) is 18.4 Å². The minimum Gasteiger partial charge on any atom is -0.343 e. The van der Waals surface area contributed by atoms with Crippen LogP contribution in [0.4, 0.5) is 5.69 Å². The van der Waals surface area contributed by atoms with Gasteiger partial charge in [0.1, 0.15) is 0 Å². The van der Waals surface area contributed by atoms with E-state index in [1.165, 1.54) is 0 Å². The predicted molar refractivity (Wildman–Crippen MR) is 64.5 cm³/mol. The molecule has 0 saturated carbocycles. The molecule has 0 aliphatic carbocycles. The highest BCUT2D eigenvalue weighted by atomic mass is 79.9. The van der Waals surface area contributed by atoms with Gasteiger partial charge in [0.15, 0.2) is 0 Å². The zero-order chi connectivity index (χ0) is 11.7. The van der Waals surface area contributed by atoms with Crippen molar-refractivity contribution in [2.24, 2.45) is 0 Å². The van der Waals surface area contributed by atoms with Crippen LogP contribution in [0.1, 0.15) is 17.3 Å². The van der Waals surface area contributed by atoms with Crippen molar-refractivity contribution in [3.8, 4) is 0 Å². The molecule has 1 N–H and O–H groups in total. The standard InChI is InChI=1S/C11H11BrN2O2/c1-2-14-9-5-7(12)3-4-8(9)11(16)13-6-10(14)15/h3-5H,2,6H2,1H3,(H,13,16). The van der Waals surface area contributed by atoms with Gasteiger partial charge < -0.3 is 10.2 Å². The molecule has 16 heavy (non-hydrogen) atoms. The molecule has 5 heteroatoms. The molecule has 2 amide bonds. The van der Waals surface area contributed by atoms with E-state index in [2.05, 4.69) is 21.2 Å². The molecule has 1 heterocycles. The molecular weight excluding hydrogens is 272 g/mol. The summed E-state index contributed by atoms with van der Waals surface area (Å²) < 4.78 is 0.854. The monoisotopic (exact) mass is 282 g/mol. The van der Waals surface area contributed by atoms with Crippen LogP contribution < -0.4 is 10.2 Å². The van der Waals surface area contributed by atoms with Crippen LogP contribution >= 0.6 is 15.9 Å². The number of benzene rings is 1. The van der Waals surface area contributed by atoms with E-state index in [1.54, 1.807) is 23.1 Å². The van der Waals surface area contributed by atoms with Crippen molar-refractivity contribution in [3.63, 3.8) is 0 Å². The Morgan fingerprint density at radius 2 is 2.19 bits per heavy atom. The maximum absolute atomic E-state index is 11.8. The lowest BCUT2D eigenvalue weighted by Gasteiger charge is -2.20. The van der Waals surface area contributed by atoms with Crippen LogP contribution in [-0.4, -0.2) is 24.9 Å². The predicted octanol–water partition coefficient (Wildman–Crippen LogP) is 1.55. The lowest BCUT2D eigenvalue weighted by atomic mass is 10.1. The highest BCUT2D eigenvalue weighted by molar-refractivity contribution is 9.10. The minimum atomic E-state index is -0.202. The summed E-state index contributed by atoms with van der Waals surface area (Å²) in [5, 5.41) is 2.59. The first-order chi connectivity index (χ1) is 7.63. The molecule has 0 unspecified atom stereocenters. The Kier molecular flexibility index (Phi) is 2.96. The number of anilines is 1. The molecule has 2 rings (SSSR count). The fourth-order valence-corrected chi connectivity index (χ4v) is 2.10. The largest absolute Gasteiger partial charge is 0.343 e. The number of fused-ring (bicyclic) bond motifs is 1. The first-order valence-electron chi connectivity index (χ1n) is 5.01. The first kappa shape index (κ1) is 11.1. The van der Waals surface area contributed by atoms with Crippen LogP contribution in [-0.2, 0) is 4.79 Å². The van der Waals surface area contributed by atoms with Gasteiger partial charge in [-0.3, -0.25) is 9.59 Å². The Balaban J connectivity index is 2.59. The molecule has 0 radical (unpaired) electrons. The number of halogens is 1. The molecular formula is C11H11BrN2O2. The van der Waals surface area contributed by atoms with Crippen LogP contribution in [0.25, 0.3) is 0 Å². The van der Waals surface area contributed by atoms with Gasteiger partial charge in [-0.25, -0.2) is 0 Å². The van der Waals surface area contributed by atoms with Gasteiger partial charge in [-0.1, -0.05) is 15.9 Å². The second-order valence-corrected chi connectivity index (χ2v) is 4.40. The van der Waals surface area contributed by atoms with E-state index in [0.717, 1.165) is 4.47 Å². The lowest BCUT2D eigenvalue weighted by Crippen LogP contribution is -2.36. The molecule has 1 aromatic carbocycles. The fourth-order valence-electron chi connectivity index (χ4n) is 1.75. The van der Waals surface area contributed by atoms with Gasteiger partial charge in [-0.2, -0.15) is 0 Å². The average Bonchev–Trinajstić information content (AvgIpc) is 2.37. The zero-order valence-corrected chi connectivity index (χ0v) is 10.4. The maximum atomic E-state index is 11.8. The van der Waals surface area contributed by atoms with Gasteiger partial charge >= 0.3 is 0 Å². The van der Waals surface area contributed by atoms with Gasteiger partial charge in [0.25, 0.3) is 5.91 Å². The Labute approximate surface area is 102 Å². The van der Waals surface area contributed by atoms with Crippen molar-refractivity contribution < 1.29 is 9.59 Å². The zero-order valence-electron chi connectivity index (χ0n) is 8.79. The van der Waals surface area contributed by atoms with Crippen molar-refractivity contribution in [1.29, 1.82) is 0 Å². The maximum Gasteiger partial charge on any atom is 0.253 e. The topological polar surface area (TPSA) is 49.4 Å². The Hall–Kier alpha value is -1.36. The average molecular weight is 283 g/mol. The molecule has 0 aromatic heterocycles. The first-order valence-corrected chi connectivity index (χ1v) is 5.81.